The summed E-state index contributed by atoms with van der Waals surface area (Å²) in [5, 5.41) is 1.79. The summed E-state index contributed by atoms with van der Waals surface area (Å²) in [5.74, 6) is -6.22. The van der Waals surface area contributed by atoms with Gasteiger partial charge in [0.15, 0.2) is 5.82 Å². The van der Waals surface area contributed by atoms with Gasteiger partial charge in [-0.15, -0.1) is 0 Å². The van der Waals surface area contributed by atoms with Crippen molar-refractivity contribution in [1.29, 1.82) is 0 Å². The molecule has 2 aliphatic carbocycles. The fraction of sp³-hybridized carbons (Fsp3) is 0.636. The topological polar surface area (TPSA) is 83.8 Å². The van der Waals surface area contributed by atoms with Crippen LogP contribution in [0.1, 0.15) is 62.4 Å². The molecule has 4 rings (SSSR count). The van der Waals surface area contributed by atoms with Crippen LogP contribution < -0.4 is 11.1 Å². The third-order valence-corrected chi connectivity index (χ3v) is 6.40. The number of hydrogen-bond acceptors (Lipinski definition) is 3. The van der Waals surface area contributed by atoms with E-state index in [2.05, 4.69) is 9.97 Å². The maximum Gasteiger partial charge on any atom is 0.390 e. The van der Waals surface area contributed by atoms with Gasteiger partial charge in [0, 0.05) is 12.5 Å². The van der Waals surface area contributed by atoms with Gasteiger partial charge in [-0.3, -0.25) is 4.79 Å². The maximum absolute atomic E-state index is 15.3. The van der Waals surface area contributed by atoms with E-state index in [1.54, 1.807) is 5.32 Å². The Morgan fingerprint density at radius 3 is 2.30 bits per heavy atom. The van der Waals surface area contributed by atoms with Crippen molar-refractivity contribution < 1.29 is 31.1 Å². The molecule has 1 amide bonds. The molecule has 0 radical (unpaired) electrons. The van der Waals surface area contributed by atoms with Gasteiger partial charge in [0.1, 0.15) is 11.3 Å². The number of fused-ring (bicyclic) bond motifs is 1. The molecule has 2 aliphatic rings. The highest BCUT2D eigenvalue weighted by molar-refractivity contribution is 5.86. The molecule has 2 atom stereocenters. The first-order valence-corrected chi connectivity index (χ1v) is 11.0. The number of nitrogens with one attached hydrogen (secondary N) is 2. The molecule has 0 saturated heterocycles. The van der Waals surface area contributed by atoms with Crippen molar-refractivity contribution >= 4 is 16.9 Å². The molecular weight excluding hydrogens is 450 g/mol. The van der Waals surface area contributed by atoms with Gasteiger partial charge in [0.2, 0.25) is 5.91 Å². The Morgan fingerprint density at radius 2 is 1.79 bits per heavy atom. The van der Waals surface area contributed by atoms with Crippen LogP contribution in [0.5, 0.6) is 0 Å². The molecule has 2 aromatic rings. The molecule has 1 aromatic heterocycles. The predicted octanol–water partition coefficient (Wildman–Crippen LogP) is 4.95. The van der Waals surface area contributed by atoms with Crippen molar-refractivity contribution in [2.75, 3.05) is 6.54 Å². The SMILES string of the molecule is CC(F)(F)CNC(=O)C(CC(F)(F)F)c1ccc2[nH]c([C@@H](N)C(C3CC3)C3CC3)nc2c1F. The van der Waals surface area contributed by atoms with Crippen molar-refractivity contribution in [3.8, 4) is 0 Å². The van der Waals surface area contributed by atoms with Crippen LogP contribution >= 0.6 is 0 Å². The summed E-state index contributed by atoms with van der Waals surface area (Å²) in [6, 6.07) is 1.94. The number of H-pyrrole nitrogens is 1. The van der Waals surface area contributed by atoms with E-state index in [9.17, 15) is 26.7 Å². The first-order chi connectivity index (χ1) is 15.3. The average Bonchev–Trinajstić information content (AvgIpc) is 3.64. The number of carbonyl (C=O) groups is 1. The van der Waals surface area contributed by atoms with E-state index in [0.717, 1.165) is 31.7 Å². The molecule has 0 bridgehead atoms. The van der Waals surface area contributed by atoms with Crippen LogP contribution in [0.4, 0.5) is 26.3 Å². The van der Waals surface area contributed by atoms with E-state index in [1.165, 1.54) is 6.07 Å². The number of alkyl halides is 5. The maximum atomic E-state index is 15.3. The molecule has 1 heterocycles. The van der Waals surface area contributed by atoms with E-state index in [-0.39, 0.29) is 17.0 Å². The first-order valence-electron chi connectivity index (χ1n) is 11.0. The summed E-state index contributed by atoms with van der Waals surface area (Å²) in [7, 11) is 0. The zero-order valence-electron chi connectivity index (χ0n) is 18.0. The molecule has 1 unspecified atom stereocenters. The van der Waals surface area contributed by atoms with Crippen molar-refractivity contribution in [3.05, 3.63) is 29.3 Å². The van der Waals surface area contributed by atoms with E-state index >= 15 is 4.39 Å². The highest BCUT2D eigenvalue weighted by Gasteiger charge is 2.46. The van der Waals surface area contributed by atoms with Crippen LogP contribution in [0.3, 0.4) is 0 Å². The lowest BCUT2D eigenvalue weighted by Gasteiger charge is -2.21. The lowest BCUT2D eigenvalue weighted by Crippen LogP contribution is -2.39. The fourth-order valence-electron chi connectivity index (χ4n) is 4.56. The van der Waals surface area contributed by atoms with Gasteiger partial charge in [0.25, 0.3) is 5.92 Å². The number of hydrogen-bond donors (Lipinski definition) is 3. The Balaban J connectivity index is 1.64. The number of rotatable bonds is 9. The molecular formula is C22H26F6N4O. The minimum absolute atomic E-state index is 0.215. The largest absolute Gasteiger partial charge is 0.390 e. The second-order valence-electron chi connectivity index (χ2n) is 9.42. The Kier molecular flexibility index (Phi) is 6.13. The van der Waals surface area contributed by atoms with Crippen molar-refractivity contribution in [2.24, 2.45) is 23.5 Å². The zero-order valence-corrected chi connectivity index (χ0v) is 18.0. The number of nitrogens with two attached hydrogens (primary N) is 1. The normalized spacial score (nSPS) is 19.2. The van der Waals surface area contributed by atoms with Crippen molar-refractivity contribution in [3.63, 3.8) is 0 Å². The number of imidazole rings is 1. The van der Waals surface area contributed by atoms with Crippen LogP contribution in [0.15, 0.2) is 12.1 Å². The second-order valence-corrected chi connectivity index (χ2v) is 9.42. The lowest BCUT2D eigenvalue weighted by molar-refractivity contribution is -0.148. The summed E-state index contributed by atoms with van der Waals surface area (Å²) >= 11 is 0. The smallest absolute Gasteiger partial charge is 0.350 e. The number of halogens is 6. The quantitative estimate of drug-likeness (QED) is 0.448. The lowest BCUT2D eigenvalue weighted by atomic mass is 9.89. The van der Waals surface area contributed by atoms with Gasteiger partial charge in [-0.2, -0.15) is 13.2 Å². The number of nitrogens with zero attached hydrogens (tertiary/aromatic N) is 1. The van der Waals surface area contributed by atoms with Gasteiger partial charge in [0.05, 0.1) is 30.4 Å². The highest BCUT2D eigenvalue weighted by Crippen LogP contribution is 2.53. The molecule has 5 nitrogen and oxygen atoms in total. The highest BCUT2D eigenvalue weighted by atomic mass is 19.4. The average molecular weight is 476 g/mol. The summed E-state index contributed by atoms with van der Waals surface area (Å²) in [6.07, 6.45) is -2.19. The van der Waals surface area contributed by atoms with E-state index in [0.29, 0.717) is 24.6 Å². The molecule has 4 N–H and O–H groups in total. The third-order valence-electron chi connectivity index (χ3n) is 6.40. The van der Waals surface area contributed by atoms with Gasteiger partial charge in [-0.1, -0.05) is 6.07 Å². The second kappa shape index (κ2) is 8.48. The third kappa shape index (κ3) is 5.62. The molecule has 2 saturated carbocycles. The number of carbonyl (C=O) groups excluding carboxylic acids is 1. The molecule has 33 heavy (non-hydrogen) atoms. The minimum Gasteiger partial charge on any atom is -0.350 e. The molecule has 182 valence electrons. The van der Waals surface area contributed by atoms with Crippen LogP contribution in [-0.2, 0) is 4.79 Å². The summed E-state index contributed by atoms with van der Waals surface area (Å²) < 4.78 is 81.0. The molecule has 0 aliphatic heterocycles. The number of aromatic amines is 1. The Bertz CT molecular complexity index is 1010. The van der Waals surface area contributed by atoms with Crippen LogP contribution in [0.2, 0.25) is 0 Å². The van der Waals surface area contributed by atoms with Gasteiger partial charge < -0.3 is 16.0 Å². The Hall–Kier alpha value is -2.30. The van der Waals surface area contributed by atoms with Gasteiger partial charge >= 0.3 is 6.18 Å². The van der Waals surface area contributed by atoms with Crippen LogP contribution in [0.25, 0.3) is 11.0 Å². The predicted molar refractivity (Wildman–Crippen MR) is 109 cm³/mol. The summed E-state index contributed by atoms with van der Waals surface area (Å²) in [4.78, 5) is 19.6. The Labute approximate surface area is 186 Å². The molecule has 0 spiro atoms. The number of benzene rings is 1. The monoisotopic (exact) mass is 476 g/mol. The van der Waals surface area contributed by atoms with Crippen LogP contribution in [-0.4, -0.2) is 34.5 Å². The van der Waals surface area contributed by atoms with Crippen molar-refractivity contribution in [2.45, 2.75) is 63.1 Å². The van der Waals surface area contributed by atoms with Gasteiger partial charge in [-0.25, -0.2) is 18.2 Å². The summed E-state index contributed by atoms with van der Waals surface area (Å²) in [6.45, 7) is -0.640. The van der Waals surface area contributed by atoms with E-state index < -0.39 is 54.3 Å². The summed E-state index contributed by atoms with van der Waals surface area (Å²) in [5.41, 5.74) is 5.92. The fourth-order valence-corrected chi connectivity index (χ4v) is 4.56. The minimum atomic E-state index is -4.82. The standard InChI is InChI=1S/C22H26F6N4O/c1-21(24,25)9-30-20(33)13(8-22(26,27)28)12-6-7-14-18(16(12)23)32-19(31-14)17(29)15(10-2-3-10)11-4-5-11/h6-7,10-11,13,15,17H,2-5,8-9,29H2,1H3,(H,30,33)(H,31,32)/t13?,17-/m0/s1. The first kappa shape index (κ1) is 23.8. The van der Waals surface area contributed by atoms with Gasteiger partial charge in [-0.05, 0) is 49.5 Å². The van der Waals surface area contributed by atoms with E-state index in [1.807, 2.05) is 0 Å². The van der Waals surface area contributed by atoms with Crippen LogP contribution in [0, 0.1) is 23.6 Å². The van der Waals surface area contributed by atoms with Crippen molar-refractivity contribution in [1.82, 2.24) is 15.3 Å². The molecule has 1 aromatic carbocycles. The molecule has 2 fully saturated rings. The number of amides is 1. The van der Waals surface area contributed by atoms with E-state index in [4.69, 9.17) is 5.73 Å². The molecule has 11 heteroatoms. The number of aromatic nitrogens is 2. The zero-order chi connectivity index (χ0) is 24.1. The Morgan fingerprint density at radius 1 is 1.18 bits per heavy atom.